The first-order chi connectivity index (χ1) is 29.4. The summed E-state index contributed by atoms with van der Waals surface area (Å²) in [6, 6.07) is 38.5. The summed E-state index contributed by atoms with van der Waals surface area (Å²) in [4.78, 5) is 4.27. The predicted molar refractivity (Wildman–Crippen MR) is 228 cm³/mol. The van der Waals surface area contributed by atoms with E-state index in [1.165, 1.54) is 12.1 Å². The minimum Gasteiger partial charge on any atom is -0.506 e. The number of nitrogens with zero attached hydrogens (tertiary/aromatic N) is 10. The molecule has 0 bridgehead atoms. The van der Waals surface area contributed by atoms with E-state index in [1.807, 2.05) is 72.8 Å². The van der Waals surface area contributed by atoms with Crippen LogP contribution in [0.25, 0.3) is 0 Å². The van der Waals surface area contributed by atoms with Crippen molar-refractivity contribution in [2.24, 2.45) is 40.9 Å². The van der Waals surface area contributed by atoms with Crippen molar-refractivity contribution in [2.45, 2.75) is 0 Å². The second kappa shape index (κ2) is 21.8. The van der Waals surface area contributed by atoms with Crippen molar-refractivity contribution >= 4 is 56.9 Å². The maximum Gasteiger partial charge on any atom is 0.145 e. The number of morpholine rings is 2. The molecule has 0 amide bonds. The summed E-state index contributed by atoms with van der Waals surface area (Å²) < 4.78 is 10.7. The zero-order valence-corrected chi connectivity index (χ0v) is 33.8. The molecule has 1 radical (unpaired) electrons. The Labute approximate surface area is 362 Å². The molecule has 6 aromatic rings. The van der Waals surface area contributed by atoms with Crippen molar-refractivity contribution in [1.29, 1.82) is 0 Å². The van der Waals surface area contributed by atoms with Gasteiger partial charge in [0.2, 0.25) is 0 Å². The van der Waals surface area contributed by atoms with Gasteiger partial charge in [-0.05, 0) is 84.9 Å². The van der Waals surface area contributed by atoms with Gasteiger partial charge in [0.1, 0.15) is 45.7 Å². The number of hydrogen-bond donors (Lipinski definition) is 4. The third kappa shape index (κ3) is 12.5. The van der Waals surface area contributed by atoms with Gasteiger partial charge in [0.25, 0.3) is 0 Å². The molecular formula is C44H42CoN10O6. The molecule has 0 aliphatic carbocycles. The van der Waals surface area contributed by atoms with Crippen LogP contribution in [-0.4, -0.2) is 73.0 Å². The Morgan fingerprint density at radius 2 is 0.705 bits per heavy atom. The van der Waals surface area contributed by atoms with Crippen LogP contribution in [0.4, 0.5) is 56.9 Å². The fourth-order valence-electron chi connectivity index (χ4n) is 5.97. The van der Waals surface area contributed by atoms with E-state index >= 15 is 0 Å². The van der Waals surface area contributed by atoms with E-state index in [2.05, 4.69) is 50.7 Å². The SMILES string of the molecule is Oc1cc(N2CCOCC2)ccc1N=Nc1cc(N=Nc2ccccc2)ccc1O.Oc1cc(N2CCOCC2)ccc1N=Nc1cc(N=Nc2ccccc2)ccc1O.[Co]. The Bertz CT molecular complexity index is 2310. The molecule has 0 atom stereocenters. The van der Waals surface area contributed by atoms with Crippen LogP contribution in [-0.2, 0) is 26.3 Å². The summed E-state index contributed by atoms with van der Waals surface area (Å²) in [5, 5.41) is 73.7. The number of phenols is 4. The zero-order chi connectivity index (χ0) is 41.5. The molecule has 17 heteroatoms. The van der Waals surface area contributed by atoms with E-state index in [9.17, 15) is 20.4 Å². The van der Waals surface area contributed by atoms with Crippen LogP contribution in [0.2, 0.25) is 0 Å². The van der Waals surface area contributed by atoms with Crippen LogP contribution in [0.3, 0.4) is 0 Å². The normalized spacial score (nSPS) is 14.4. The van der Waals surface area contributed by atoms with Crippen LogP contribution in [0.5, 0.6) is 23.0 Å². The first kappa shape index (κ1) is 43.5. The first-order valence-electron chi connectivity index (χ1n) is 19.1. The second-order valence-corrected chi connectivity index (χ2v) is 13.4. The molecule has 2 saturated heterocycles. The van der Waals surface area contributed by atoms with Crippen molar-refractivity contribution in [2.75, 3.05) is 62.4 Å². The van der Waals surface area contributed by atoms with E-state index in [0.717, 1.165) is 48.9 Å². The van der Waals surface area contributed by atoms with Crippen LogP contribution in [0.1, 0.15) is 0 Å². The fraction of sp³-hybridized carbons (Fsp3) is 0.182. The average molecular weight is 866 g/mol. The fourth-order valence-corrected chi connectivity index (χ4v) is 5.97. The third-order valence-corrected chi connectivity index (χ3v) is 9.19. The monoisotopic (exact) mass is 865 g/mol. The molecule has 2 fully saturated rings. The molecule has 4 N–H and O–H groups in total. The average Bonchev–Trinajstić information content (AvgIpc) is 3.29. The largest absolute Gasteiger partial charge is 0.506 e. The molecule has 313 valence electrons. The van der Waals surface area contributed by atoms with Gasteiger partial charge in [0, 0.05) is 66.5 Å². The van der Waals surface area contributed by atoms with Gasteiger partial charge in [-0.25, -0.2) is 0 Å². The molecule has 0 aromatic heterocycles. The number of ether oxygens (including phenoxy) is 2. The standard InChI is InChI=1S/2C22H21N5O3.Co/c2*28-21-9-6-17(24-23-16-4-2-1-3-5-16)14-20(21)26-25-19-8-7-18(15-22(19)29)27-10-12-30-13-11-27;/h2*1-9,14-15,28-29H,10-13H2;. The number of benzene rings is 6. The molecular weight excluding hydrogens is 823 g/mol. The van der Waals surface area contributed by atoms with Crippen molar-refractivity contribution < 1.29 is 46.7 Å². The van der Waals surface area contributed by atoms with Crippen LogP contribution >= 0.6 is 0 Å². The minimum atomic E-state index is -0.0400. The third-order valence-electron chi connectivity index (χ3n) is 9.19. The molecule has 6 aromatic carbocycles. The Morgan fingerprint density at radius 1 is 0.344 bits per heavy atom. The molecule has 0 unspecified atom stereocenters. The smallest absolute Gasteiger partial charge is 0.145 e. The Morgan fingerprint density at radius 3 is 1.08 bits per heavy atom. The molecule has 16 nitrogen and oxygen atoms in total. The predicted octanol–water partition coefficient (Wildman–Crippen LogP) is 11.5. The number of aromatic hydroxyl groups is 4. The minimum absolute atomic E-state index is 0. The van der Waals surface area contributed by atoms with Crippen LogP contribution < -0.4 is 9.80 Å². The van der Waals surface area contributed by atoms with Crippen molar-refractivity contribution in [3.8, 4) is 23.0 Å². The summed E-state index contributed by atoms with van der Waals surface area (Å²) in [5.74, 6) is -0.0482. The number of azo groups is 4. The summed E-state index contributed by atoms with van der Waals surface area (Å²) >= 11 is 0. The topological polar surface area (TPSA) is 205 Å². The number of anilines is 2. The molecule has 2 aliphatic rings. The number of phenolic OH excluding ortho intramolecular Hbond substituents is 4. The molecule has 0 spiro atoms. The molecule has 0 saturated carbocycles. The quantitative estimate of drug-likeness (QED) is 0.0973. The summed E-state index contributed by atoms with van der Waals surface area (Å²) in [6.07, 6.45) is 0. The van der Waals surface area contributed by atoms with Gasteiger partial charge in [-0.1, -0.05) is 36.4 Å². The van der Waals surface area contributed by atoms with Crippen LogP contribution in [0, 0.1) is 0 Å². The Hall–Kier alpha value is -7.05. The van der Waals surface area contributed by atoms with Gasteiger partial charge in [0.05, 0.1) is 49.2 Å². The molecule has 61 heavy (non-hydrogen) atoms. The molecule has 2 aliphatic heterocycles. The van der Waals surface area contributed by atoms with Gasteiger partial charge >= 0.3 is 0 Å². The van der Waals surface area contributed by atoms with E-state index in [4.69, 9.17) is 9.47 Å². The summed E-state index contributed by atoms with van der Waals surface area (Å²) in [7, 11) is 0. The molecule has 8 rings (SSSR count). The molecule has 2 heterocycles. The maximum absolute atomic E-state index is 10.3. The van der Waals surface area contributed by atoms with Gasteiger partial charge in [-0.15, -0.1) is 20.5 Å². The van der Waals surface area contributed by atoms with Crippen molar-refractivity contribution in [3.63, 3.8) is 0 Å². The summed E-state index contributed by atoms with van der Waals surface area (Å²) in [5.41, 5.74) is 5.38. The maximum atomic E-state index is 10.3. The number of hydrogen-bond acceptors (Lipinski definition) is 16. The first-order valence-corrected chi connectivity index (χ1v) is 19.1. The Kier molecular flexibility index (Phi) is 15.6. The second-order valence-electron chi connectivity index (χ2n) is 13.4. The van der Waals surface area contributed by atoms with E-state index in [0.29, 0.717) is 49.2 Å². The van der Waals surface area contributed by atoms with Gasteiger partial charge < -0.3 is 39.7 Å². The van der Waals surface area contributed by atoms with E-state index in [1.54, 1.807) is 48.5 Å². The van der Waals surface area contributed by atoms with Gasteiger partial charge in [0.15, 0.2) is 0 Å². The van der Waals surface area contributed by atoms with E-state index < -0.39 is 0 Å². The number of rotatable bonds is 10. The van der Waals surface area contributed by atoms with Crippen molar-refractivity contribution in [3.05, 3.63) is 133 Å². The zero-order valence-electron chi connectivity index (χ0n) is 32.8. The van der Waals surface area contributed by atoms with Crippen LogP contribution in [0.15, 0.2) is 174 Å². The van der Waals surface area contributed by atoms with Gasteiger partial charge in [-0.2, -0.15) is 20.5 Å². The van der Waals surface area contributed by atoms with Gasteiger partial charge in [-0.3, -0.25) is 0 Å². The summed E-state index contributed by atoms with van der Waals surface area (Å²) in [6.45, 7) is 5.77. The Balaban J connectivity index is 0.000000201. The van der Waals surface area contributed by atoms with E-state index in [-0.39, 0.29) is 51.2 Å². The van der Waals surface area contributed by atoms with Crippen molar-refractivity contribution in [1.82, 2.24) is 0 Å².